The van der Waals surface area contributed by atoms with E-state index in [9.17, 15) is 4.79 Å². The molecule has 1 N–H and O–H groups in total. The smallest absolute Gasteiger partial charge is 0.237 e. The molecule has 3 aliphatic rings. The summed E-state index contributed by atoms with van der Waals surface area (Å²) < 4.78 is 2.13. The zero-order valence-corrected chi connectivity index (χ0v) is 17.7. The van der Waals surface area contributed by atoms with E-state index in [2.05, 4.69) is 39.2 Å². The molecule has 1 aromatic carbocycles. The Hall–Kier alpha value is -1.60. The number of halogens is 2. The second-order valence-electron chi connectivity index (χ2n) is 7.77. The Morgan fingerprint density at radius 3 is 2.64 bits per heavy atom. The molecule has 1 fully saturated rings. The summed E-state index contributed by atoms with van der Waals surface area (Å²) in [4.78, 5) is 17.3. The molecule has 1 spiro atoms. The lowest BCUT2D eigenvalue weighted by Crippen LogP contribution is -2.47. The van der Waals surface area contributed by atoms with E-state index in [4.69, 9.17) is 5.10 Å². The molecule has 1 saturated heterocycles. The zero-order chi connectivity index (χ0) is 17.7. The van der Waals surface area contributed by atoms with Crippen LogP contribution in [-0.4, -0.2) is 47.3 Å². The van der Waals surface area contributed by atoms with Crippen molar-refractivity contribution >= 4 is 36.4 Å². The molecular weight excluding hydrogens is 397 g/mol. The maximum atomic E-state index is 13.0. The van der Waals surface area contributed by atoms with Crippen molar-refractivity contribution in [3.63, 3.8) is 0 Å². The molecule has 3 aliphatic heterocycles. The molecule has 0 saturated carbocycles. The summed E-state index contributed by atoms with van der Waals surface area (Å²) >= 11 is 0. The first kappa shape index (κ1) is 21.1. The maximum Gasteiger partial charge on any atom is 0.237 e. The Labute approximate surface area is 178 Å². The normalized spacial score (nSPS) is 20.3. The number of para-hydroxylation sites is 1. The number of nitrogens with one attached hydrogen (secondary N) is 1. The predicted molar refractivity (Wildman–Crippen MR) is 114 cm³/mol. The molecule has 28 heavy (non-hydrogen) atoms. The summed E-state index contributed by atoms with van der Waals surface area (Å²) in [6.07, 6.45) is 1.78. The van der Waals surface area contributed by atoms with Crippen LogP contribution in [-0.2, 0) is 29.8 Å². The molecule has 1 aromatic heterocycles. The number of hydrogen-bond acceptors (Lipinski definition) is 4. The van der Waals surface area contributed by atoms with Crippen molar-refractivity contribution < 1.29 is 4.79 Å². The fraction of sp³-hybridized carbons (Fsp3) is 0.500. The Kier molecular flexibility index (Phi) is 6.05. The van der Waals surface area contributed by atoms with Crippen LogP contribution in [0, 0.1) is 0 Å². The van der Waals surface area contributed by atoms with E-state index >= 15 is 0 Å². The van der Waals surface area contributed by atoms with Crippen molar-refractivity contribution in [2.45, 2.75) is 37.9 Å². The molecule has 152 valence electrons. The third-order valence-electron chi connectivity index (χ3n) is 6.31. The number of fused-ring (bicyclic) bond motifs is 3. The highest BCUT2D eigenvalue weighted by atomic mass is 35.5. The molecule has 1 amide bonds. The van der Waals surface area contributed by atoms with Crippen LogP contribution in [0.4, 0.5) is 5.69 Å². The van der Waals surface area contributed by atoms with Crippen molar-refractivity contribution in [2.24, 2.45) is 0 Å². The monoisotopic (exact) mass is 423 g/mol. The van der Waals surface area contributed by atoms with Crippen LogP contribution < -0.4 is 10.2 Å². The first-order valence-corrected chi connectivity index (χ1v) is 9.54. The third kappa shape index (κ3) is 3.22. The van der Waals surface area contributed by atoms with E-state index in [0.29, 0.717) is 0 Å². The molecule has 0 unspecified atom stereocenters. The summed E-state index contributed by atoms with van der Waals surface area (Å²) in [6.45, 7) is 5.61. The number of carbonyl (C=O) groups excluding carboxylic acids is 1. The first-order chi connectivity index (χ1) is 12.7. The largest absolute Gasteiger partial charge is 0.314 e. The average molecular weight is 424 g/mol. The maximum absolute atomic E-state index is 13.0. The minimum Gasteiger partial charge on any atom is -0.314 e. The van der Waals surface area contributed by atoms with E-state index in [0.717, 1.165) is 63.5 Å². The third-order valence-corrected chi connectivity index (χ3v) is 6.31. The summed E-state index contributed by atoms with van der Waals surface area (Å²) in [5, 5.41) is 8.15. The van der Waals surface area contributed by atoms with Gasteiger partial charge in [-0.15, -0.1) is 24.8 Å². The number of aromatic nitrogens is 2. The Morgan fingerprint density at radius 1 is 1.14 bits per heavy atom. The predicted octanol–water partition coefficient (Wildman–Crippen LogP) is 2.34. The Balaban J connectivity index is 0.00000112. The highest BCUT2D eigenvalue weighted by Crippen LogP contribution is 2.47. The van der Waals surface area contributed by atoms with Gasteiger partial charge in [-0.05, 0) is 43.6 Å². The standard InChI is InChI=1S/C20H25N5O.2ClH/c1-23-18-5-3-2-4-17(18)20(19(23)26)6-9-24(10-7-20)14-15-12-16-13-21-8-11-25(16)22-15;;/h2-5,12,21H,6-11,13-14H2,1H3;2*1H. The quantitative estimate of drug-likeness (QED) is 0.804. The molecule has 0 atom stereocenters. The summed E-state index contributed by atoms with van der Waals surface area (Å²) in [5.74, 6) is 0.266. The van der Waals surface area contributed by atoms with Crippen molar-refractivity contribution in [2.75, 3.05) is 31.6 Å². The van der Waals surface area contributed by atoms with Crippen LogP contribution in [0.15, 0.2) is 30.3 Å². The number of amides is 1. The van der Waals surface area contributed by atoms with Gasteiger partial charge in [-0.1, -0.05) is 18.2 Å². The van der Waals surface area contributed by atoms with Crippen LogP contribution in [0.5, 0.6) is 0 Å². The van der Waals surface area contributed by atoms with Crippen LogP contribution >= 0.6 is 24.8 Å². The van der Waals surface area contributed by atoms with Crippen molar-refractivity contribution in [1.29, 1.82) is 0 Å². The van der Waals surface area contributed by atoms with Crippen LogP contribution in [0.1, 0.15) is 29.8 Å². The highest BCUT2D eigenvalue weighted by molar-refractivity contribution is 6.07. The molecular formula is C20H27Cl2N5O. The van der Waals surface area contributed by atoms with E-state index in [1.807, 2.05) is 18.0 Å². The summed E-state index contributed by atoms with van der Waals surface area (Å²) in [7, 11) is 1.91. The first-order valence-electron chi connectivity index (χ1n) is 9.54. The Morgan fingerprint density at radius 2 is 1.89 bits per heavy atom. The minimum absolute atomic E-state index is 0. The second-order valence-corrected chi connectivity index (χ2v) is 7.77. The van der Waals surface area contributed by atoms with Gasteiger partial charge in [0.2, 0.25) is 5.91 Å². The number of likely N-dealkylation sites (N-methyl/N-ethyl adjacent to an activating group) is 1. The number of nitrogens with zero attached hydrogens (tertiary/aromatic N) is 4. The number of benzene rings is 1. The number of carbonyl (C=O) groups is 1. The van der Waals surface area contributed by atoms with Gasteiger partial charge in [0.1, 0.15) is 0 Å². The second kappa shape index (κ2) is 8.03. The number of likely N-dealkylation sites (tertiary alicyclic amines) is 1. The summed E-state index contributed by atoms with van der Waals surface area (Å²) in [5.41, 5.74) is 4.41. The van der Waals surface area contributed by atoms with Crippen molar-refractivity contribution in [3.8, 4) is 0 Å². The van der Waals surface area contributed by atoms with E-state index < -0.39 is 0 Å². The SMILES string of the molecule is CN1C(=O)C2(CCN(Cc3cc4n(n3)CCNC4)CC2)c2ccccc21.Cl.Cl. The molecule has 4 heterocycles. The van der Waals surface area contributed by atoms with Gasteiger partial charge in [-0.25, -0.2) is 0 Å². The van der Waals surface area contributed by atoms with Gasteiger partial charge in [0.15, 0.2) is 0 Å². The number of rotatable bonds is 2. The lowest BCUT2D eigenvalue weighted by atomic mass is 9.73. The topological polar surface area (TPSA) is 53.4 Å². The van der Waals surface area contributed by atoms with E-state index in [-0.39, 0.29) is 36.1 Å². The van der Waals surface area contributed by atoms with Crippen LogP contribution in [0.25, 0.3) is 0 Å². The van der Waals surface area contributed by atoms with Gasteiger partial charge in [0.25, 0.3) is 0 Å². The highest BCUT2D eigenvalue weighted by Gasteiger charge is 2.50. The van der Waals surface area contributed by atoms with E-state index in [1.54, 1.807) is 0 Å². The van der Waals surface area contributed by atoms with Gasteiger partial charge >= 0.3 is 0 Å². The van der Waals surface area contributed by atoms with Gasteiger partial charge in [-0.2, -0.15) is 5.10 Å². The van der Waals surface area contributed by atoms with Crippen LogP contribution in [0.2, 0.25) is 0 Å². The molecule has 0 bridgehead atoms. The molecule has 5 rings (SSSR count). The fourth-order valence-corrected chi connectivity index (χ4v) is 4.85. The fourth-order valence-electron chi connectivity index (χ4n) is 4.85. The van der Waals surface area contributed by atoms with E-state index in [1.165, 1.54) is 11.3 Å². The molecule has 0 radical (unpaired) electrons. The average Bonchev–Trinajstić information content (AvgIpc) is 3.17. The van der Waals surface area contributed by atoms with Crippen molar-refractivity contribution in [3.05, 3.63) is 47.3 Å². The lowest BCUT2D eigenvalue weighted by molar-refractivity contribution is -0.124. The van der Waals surface area contributed by atoms with Crippen LogP contribution in [0.3, 0.4) is 0 Å². The summed E-state index contributed by atoms with van der Waals surface area (Å²) in [6, 6.07) is 10.5. The minimum atomic E-state index is -0.320. The number of anilines is 1. The van der Waals surface area contributed by atoms with Gasteiger partial charge < -0.3 is 10.2 Å². The van der Waals surface area contributed by atoms with Gasteiger partial charge in [0.05, 0.1) is 23.3 Å². The Bertz CT molecular complexity index is 837. The van der Waals surface area contributed by atoms with Gasteiger partial charge in [-0.3, -0.25) is 14.4 Å². The zero-order valence-electron chi connectivity index (χ0n) is 16.1. The molecule has 8 heteroatoms. The number of hydrogen-bond donors (Lipinski definition) is 1. The molecule has 6 nitrogen and oxygen atoms in total. The lowest BCUT2D eigenvalue weighted by Gasteiger charge is -2.38. The van der Waals surface area contributed by atoms with Crippen molar-refractivity contribution in [1.82, 2.24) is 20.0 Å². The number of piperidine rings is 1. The molecule has 2 aromatic rings. The van der Waals surface area contributed by atoms with Gasteiger partial charge in [0, 0.05) is 32.4 Å². The molecule has 0 aliphatic carbocycles.